The molecule has 2 rings (SSSR count). The van der Waals surface area contributed by atoms with E-state index >= 15 is 0 Å². The highest BCUT2D eigenvalue weighted by Crippen LogP contribution is 2.30. The second-order valence-electron chi connectivity index (χ2n) is 4.01. The smallest absolute Gasteiger partial charge is 0.325 e. The van der Waals surface area contributed by atoms with Crippen LogP contribution in [0.4, 0.5) is 24.8 Å². The van der Waals surface area contributed by atoms with Gasteiger partial charge in [0.25, 0.3) is 0 Å². The summed E-state index contributed by atoms with van der Waals surface area (Å²) in [6, 6.07) is 5.15. The van der Waals surface area contributed by atoms with Gasteiger partial charge in [0, 0.05) is 6.20 Å². The molecule has 0 unspecified atom stereocenters. The Bertz CT molecular complexity index is 579. The van der Waals surface area contributed by atoms with Gasteiger partial charge in [-0.3, -0.25) is 0 Å². The first-order valence-electron chi connectivity index (χ1n) is 5.39. The van der Waals surface area contributed by atoms with Gasteiger partial charge in [-0.25, -0.2) is 9.97 Å². The molecule has 0 atom stereocenters. The molecule has 7 heteroatoms. The van der Waals surface area contributed by atoms with Gasteiger partial charge in [-0.2, -0.15) is 13.2 Å². The fraction of sp³-hybridized carbons (Fsp3) is 0.167. The summed E-state index contributed by atoms with van der Waals surface area (Å²) in [6.45, 7) is 1.81. The Morgan fingerprint density at radius 3 is 2.53 bits per heavy atom. The first-order chi connectivity index (χ1) is 8.84. The monoisotopic (exact) mass is 263 g/mol. The molecule has 0 bridgehead atoms. The molecule has 19 heavy (non-hydrogen) atoms. The van der Waals surface area contributed by atoms with Crippen LogP contribution in [0.3, 0.4) is 0 Å². The lowest BCUT2D eigenvalue weighted by atomic mass is 10.0. The lowest BCUT2D eigenvalue weighted by Crippen LogP contribution is -2.11. The van der Waals surface area contributed by atoms with Crippen LogP contribution in [0.5, 0.6) is 0 Å². The summed E-state index contributed by atoms with van der Waals surface area (Å²) < 4.78 is 37.6. The summed E-state index contributed by atoms with van der Waals surface area (Å²) in [4.78, 5) is 7.78. The topological polar surface area (TPSA) is 37.8 Å². The van der Waals surface area contributed by atoms with Crippen LogP contribution in [0.15, 0.2) is 30.5 Å². The zero-order valence-corrected chi connectivity index (χ0v) is 9.99. The molecule has 2 heterocycles. The van der Waals surface area contributed by atoms with Crippen molar-refractivity contribution >= 4 is 25.1 Å². The van der Waals surface area contributed by atoms with E-state index < -0.39 is 11.7 Å². The van der Waals surface area contributed by atoms with E-state index in [4.69, 9.17) is 7.85 Å². The third kappa shape index (κ3) is 3.46. The fourth-order valence-electron chi connectivity index (χ4n) is 1.56. The molecule has 2 aromatic heterocycles. The molecule has 0 aliphatic heterocycles. The first kappa shape index (κ1) is 13.4. The maximum absolute atomic E-state index is 12.5. The summed E-state index contributed by atoms with van der Waals surface area (Å²) in [5, 5.41) is 2.70. The third-order valence-corrected chi connectivity index (χ3v) is 2.33. The normalized spacial score (nSPS) is 11.4. The largest absolute Gasteiger partial charge is 0.416 e. The van der Waals surface area contributed by atoms with Crippen molar-refractivity contribution in [2.45, 2.75) is 13.1 Å². The Morgan fingerprint density at radius 2 is 1.89 bits per heavy atom. The number of alkyl halides is 3. The molecule has 3 nitrogen and oxygen atoms in total. The van der Waals surface area contributed by atoms with E-state index in [1.165, 1.54) is 0 Å². The van der Waals surface area contributed by atoms with Crippen LogP contribution in [0.2, 0.25) is 0 Å². The van der Waals surface area contributed by atoms with Gasteiger partial charge in [-0.15, -0.1) is 0 Å². The van der Waals surface area contributed by atoms with Crippen molar-refractivity contribution in [2.75, 3.05) is 5.32 Å². The maximum atomic E-state index is 12.5. The van der Waals surface area contributed by atoms with Crippen LogP contribution in [0, 0.1) is 6.92 Å². The molecule has 0 aliphatic carbocycles. The zero-order valence-electron chi connectivity index (χ0n) is 9.99. The van der Waals surface area contributed by atoms with E-state index in [1.54, 1.807) is 12.1 Å². The highest BCUT2D eigenvalue weighted by Gasteiger charge is 2.30. The van der Waals surface area contributed by atoms with Gasteiger partial charge in [0.15, 0.2) is 0 Å². The lowest BCUT2D eigenvalue weighted by Gasteiger charge is -2.10. The highest BCUT2D eigenvalue weighted by atomic mass is 19.4. The van der Waals surface area contributed by atoms with E-state index in [0.717, 1.165) is 23.9 Å². The summed E-state index contributed by atoms with van der Waals surface area (Å²) >= 11 is 0. The SMILES string of the molecule is [B]c1cc(C)cc(Nc2cc(C(F)(F)F)ccn2)n1. The van der Waals surface area contributed by atoms with Crippen LogP contribution in [-0.4, -0.2) is 17.8 Å². The number of rotatable bonds is 2. The molecule has 0 fully saturated rings. The molecular formula is C12H9BF3N3. The minimum Gasteiger partial charge on any atom is -0.325 e. The third-order valence-electron chi connectivity index (χ3n) is 2.33. The zero-order chi connectivity index (χ0) is 14.0. The number of hydrogen-bond donors (Lipinski definition) is 1. The van der Waals surface area contributed by atoms with Gasteiger partial charge >= 0.3 is 6.18 Å². The van der Waals surface area contributed by atoms with Crippen molar-refractivity contribution < 1.29 is 13.2 Å². The minimum absolute atomic E-state index is 0.0623. The van der Waals surface area contributed by atoms with E-state index in [0.29, 0.717) is 5.82 Å². The molecule has 96 valence electrons. The number of hydrogen-bond acceptors (Lipinski definition) is 3. The maximum Gasteiger partial charge on any atom is 0.416 e. The molecular weight excluding hydrogens is 254 g/mol. The van der Waals surface area contributed by atoms with Crippen molar-refractivity contribution in [1.82, 2.24) is 9.97 Å². The summed E-state index contributed by atoms with van der Waals surface area (Å²) in [6.07, 6.45) is -3.32. The fourth-order valence-corrected chi connectivity index (χ4v) is 1.56. The number of anilines is 2. The molecule has 0 saturated carbocycles. The molecule has 0 aromatic carbocycles. The summed E-state index contributed by atoms with van der Waals surface area (Å²) in [7, 11) is 5.56. The Hall–Kier alpha value is -2.05. The highest BCUT2D eigenvalue weighted by molar-refractivity contribution is 6.30. The summed E-state index contributed by atoms with van der Waals surface area (Å²) in [5.41, 5.74) is 0.363. The van der Waals surface area contributed by atoms with Crippen molar-refractivity contribution in [3.8, 4) is 0 Å². The van der Waals surface area contributed by atoms with Crippen molar-refractivity contribution in [3.05, 3.63) is 41.6 Å². The number of pyridine rings is 2. The van der Waals surface area contributed by atoms with Crippen molar-refractivity contribution in [2.24, 2.45) is 0 Å². The lowest BCUT2D eigenvalue weighted by molar-refractivity contribution is -0.137. The quantitative estimate of drug-likeness (QED) is 0.845. The molecule has 0 spiro atoms. The summed E-state index contributed by atoms with van der Waals surface area (Å²) in [5.74, 6) is 0.414. The molecule has 0 amide bonds. The Balaban J connectivity index is 2.28. The molecule has 0 aliphatic rings. The predicted octanol–water partition coefficient (Wildman–Crippen LogP) is 2.34. The Labute approximate surface area is 109 Å². The number of aromatic nitrogens is 2. The molecule has 1 N–H and O–H groups in total. The van der Waals surface area contributed by atoms with Gasteiger partial charge in [-0.1, -0.05) is 0 Å². The van der Waals surface area contributed by atoms with E-state index in [-0.39, 0.29) is 11.4 Å². The van der Waals surface area contributed by atoms with Crippen molar-refractivity contribution in [1.29, 1.82) is 0 Å². The molecule has 2 radical (unpaired) electrons. The predicted molar refractivity (Wildman–Crippen MR) is 66.9 cm³/mol. The average Bonchev–Trinajstić information content (AvgIpc) is 2.26. The van der Waals surface area contributed by atoms with Gasteiger partial charge in [-0.05, 0) is 42.3 Å². The second kappa shape index (κ2) is 4.91. The van der Waals surface area contributed by atoms with Crippen LogP contribution in [0.25, 0.3) is 0 Å². The number of nitrogens with one attached hydrogen (secondary N) is 1. The number of halogens is 3. The van der Waals surface area contributed by atoms with E-state index in [2.05, 4.69) is 15.3 Å². The van der Waals surface area contributed by atoms with Gasteiger partial charge in [0.2, 0.25) is 0 Å². The van der Waals surface area contributed by atoms with E-state index in [9.17, 15) is 13.2 Å². The number of aryl methyl sites for hydroxylation is 1. The second-order valence-corrected chi connectivity index (χ2v) is 4.01. The van der Waals surface area contributed by atoms with Crippen LogP contribution < -0.4 is 10.9 Å². The Morgan fingerprint density at radius 1 is 1.16 bits per heavy atom. The van der Waals surface area contributed by atoms with Crippen LogP contribution >= 0.6 is 0 Å². The molecule has 0 saturated heterocycles. The first-order valence-corrected chi connectivity index (χ1v) is 5.39. The Kier molecular flexibility index (Phi) is 3.46. The average molecular weight is 263 g/mol. The minimum atomic E-state index is -4.40. The van der Waals surface area contributed by atoms with Gasteiger partial charge in [0.05, 0.1) is 5.56 Å². The van der Waals surface area contributed by atoms with Gasteiger partial charge < -0.3 is 5.32 Å². The van der Waals surface area contributed by atoms with Gasteiger partial charge in [0.1, 0.15) is 19.5 Å². The molecule has 2 aromatic rings. The van der Waals surface area contributed by atoms with E-state index in [1.807, 2.05) is 6.92 Å². The number of nitrogens with zero attached hydrogens (tertiary/aromatic N) is 2. The van der Waals surface area contributed by atoms with Crippen LogP contribution in [0.1, 0.15) is 11.1 Å². The van der Waals surface area contributed by atoms with Crippen LogP contribution in [-0.2, 0) is 6.18 Å². The standard InChI is InChI=1S/C12H9BF3N3/c1-7-4-9(13)18-11(5-7)19-10-6-8(2-3-17-10)12(14,15)16/h2-6H,1H3,(H,17,18,19). The van der Waals surface area contributed by atoms with Crippen molar-refractivity contribution in [3.63, 3.8) is 0 Å².